The summed E-state index contributed by atoms with van der Waals surface area (Å²) in [5, 5.41) is 15.1. The van der Waals surface area contributed by atoms with Gasteiger partial charge in [0.2, 0.25) is 0 Å². The van der Waals surface area contributed by atoms with Crippen LogP contribution in [-0.2, 0) is 13.0 Å². The number of non-ortho nitro benzene ring substituents is 1. The molecule has 0 aliphatic rings. The molecule has 6 heteroatoms. The van der Waals surface area contributed by atoms with Gasteiger partial charge < -0.3 is 5.73 Å². The first-order valence-electron chi connectivity index (χ1n) is 6.93. The molecule has 1 atom stereocenters. The normalized spacial score (nSPS) is 12.4. The molecule has 0 bridgehead atoms. The summed E-state index contributed by atoms with van der Waals surface area (Å²) < 4.78 is 1.95. The van der Waals surface area contributed by atoms with Crippen LogP contribution in [0.25, 0.3) is 0 Å². The predicted molar refractivity (Wildman–Crippen MR) is 81.1 cm³/mol. The molecule has 21 heavy (non-hydrogen) atoms. The highest BCUT2D eigenvalue weighted by molar-refractivity contribution is 5.33. The first-order valence-corrected chi connectivity index (χ1v) is 6.93. The number of nitrogens with two attached hydrogens (primary N) is 1. The number of aryl methyl sites for hydroxylation is 3. The van der Waals surface area contributed by atoms with Crippen LogP contribution >= 0.6 is 0 Å². The molecule has 2 rings (SSSR count). The van der Waals surface area contributed by atoms with Gasteiger partial charge in [-0.25, -0.2) is 0 Å². The van der Waals surface area contributed by atoms with E-state index in [1.54, 1.807) is 12.1 Å². The number of nitro benzene ring substituents is 1. The lowest BCUT2D eigenvalue weighted by atomic mass is 10.1. The van der Waals surface area contributed by atoms with E-state index in [0.717, 1.165) is 35.5 Å². The van der Waals surface area contributed by atoms with Crippen molar-refractivity contribution in [2.75, 3.05) is 0 Å². The fourth-order valence-electron chi connectivity index (χ4n) is 2.61. The van der Waals surface area contributed by atoms with Crippen molar-refractivity contribution < 1.29 is 4.92 Å². The first kappa shape index (κ1) is 15.2. The summed E-state index contributed by atoms with van der Waals surface area (Å²) in [6.07, 6.45) is 0.776. The molecule has 6 nitrogen and oxygen atoms in total. The van der Waals surface area contributed by atoms with Gasteiger partial charge in [-0.05, 0) is 32.8 Å². The molecule has 0 aliphatic heterocycles. The minimum Gasteiger partial charge on any atom is -0.324 e. The average Bonchev–Trinajstić information content (AvgIpc) is 2.71. The van der Waals surface area contributed by atoms with Gasteiger partial charge in [-0.3, -0.25) is 14.8 Å². The van der Waals surface area contributed by atoms with Crippen LogP contribution < -0.4 is 5.73 Å². The monoisotopic (exact) mass is 288 g/mol. The molecule has 1 unspecified atom stereocenters. The maximum atomic E-state index is 10.6. The zero-order valence-electron chi connectivity index (χ0n) is 12.5. The summed E-state index contributed by atoms with van der Waals surface area (Å²) in [5.74, 6) is 0. The SMILES string of the molecule is Cc1nn(CCc2ccc([N+](=O)[O-])cc2)c(C)c1C(C)N. The molecule has 0 saturated carbocycles. The van der Waals surface area contributed by atoms with Crippen LogP contribution in [-0.4, -0.2) is 14.7 Å². The zero-order valence-corrected chi connectivity index (χ0v) is 12.5. The summed E-state index contributed by atoms with van der Waals surface area (Å²) in [5.41, 5.74) is 10.3. The van der Waals surface area contributed by atoms with E-state index in [-0.39, 0.29) is 16.7 Å². The van der Waals surface area contributed by atoms with Gasteiger partial charge in [0.25, 0.3) is 5.69 Å². The lowest BCUT2D eigenvalue weighted by molar-refractivity contribution is -0.384. The minimum absolute atomic E-state index is 0.0295. The second-order valence-electron chi connectivity index (χ2n) is 5.27. The van der Waals surface area contributed by atoms with E-state index in [0.29, 0.717) is 0 Å². The molecule has 2 aromatic rings. The molecule has 0 aliphatic carbocycles. The Kier molecular flexibility index (Phi) is 4.37. The van der Waals surface area contributed by atoms with Crippen molar-refractivity contribution in [1.29, 1.82) is 0 Å². The largest absolute Gasteiger partial charge is 0.324 e. The van der Waals surface area contributed by atoms with Crippen molar-refractivity contribution in [2.45, 2.75) is 39.8 Å². The van der Waals surface area contributed by atoms with Gasteiger partial charge >= 0.3 is 0 Å². The van der Waals surface area contributed by atoms with Crippen molar-refractivity contribution in [3.8, 4) is 0 Å². The number of hydrogen-bond acceptors (Lipinski definition) is 4. The lowest BCUT2D eigenvalue weighted by Crippen LogP contribution is -2.09. The molecule has 0 spiro atoms. The Hall–Kier alpha value is -2.21. The van der Waals surface area contributed by atoms with Gasteiger partial charge in [-0.1, -0.05) is 12.1 Å². The Morgan fingerprint density at radius 1 is 1.33 bits per heavy atom. The maximum Gasteiger partial charge on any atom is 0.269 e. The molecule has 0 amide bonds. The van der Waals surface area contributed by atoms with Gasteiger partial charge in [0, 0.05) is 36.0 Å². The highest BCUT2D eigenvalue weighted by Gasteiger charge is 2.14. The summed E-state index contributed by atoms with van der Waals surface area (Å²) in [4.78, 5) is 10.2. The summed E-state index contributed by atoms with van der Waals surface area (Å²) in [7, 11) is 0. The van der Waals surface area contributed by atoms with Crippen LogP contribution in [0.5, 0.6) is 0 Å². The number of hydrogen-bond donors (Lipinski definition) is 1. The van der Waals surface area contributed by atoms with Gasteiger partial charge in [0.05, 0.1) is 10.6 Å². The van der Waals surface area contributed by atoms with Gasteiger partial charge in [-0.2, -0.15) is 5.10 Å². The van der Waals surface area contributed by atoms with E-state index < -0.39 is 0 Å². The Balaban J connectivity index is 2.10. The van der Waals surface area contributed by atoms with Crippen LogP contribution in [0.2, 0.25) is 0 Å². The highest BCUT2D eigenvalue weighted by Crippen LogP contribution is 2.20. The fraction of sp³-hybridized carbons (Fsp3) is 0.400. The third kappa shape index (κ3) is 3.28. The quantitative estimate of drug-likeness (QED) is 0.677. The Morgan fingerprint density at radius 2 is 1.95 bits per heavy atom. The Bertz CT molecular complexity index is 644. The number of aromatic nitrogens is 2. The van der Waals surface area contributed by atoms with Crippen molar-refractivity contribution in [2.24, 2.45) is 5.73 Å². The molecular formula is C15H20N4O2. The Morgan fingerprint density at radius 3 is 2.43 bits per heavy atom. The number of benzene rings is 1. The molecule has 0 radical (unpaired) electrons. The van der Waals surface area contributed by atoms with E-state index in [4.69, 9.17) is 5.73 Å². The van der Waals surface area contributed by atoms with Crippen LogP contribution in [0.15, 0.2) is 24.3 Å². The molecule has 0 fully saturated rings. The Labute approximate surface area is 123 Å². The predicted octanol–water partition coefficient (Wildman–Crippen LogP) is 2.67. The summed E-state index contributed by atoms with van der Waals surface area (Å²) >= 11 is 0. The summed E-state index contributed by atoms with van der Waals surface area (Å²) in [6, 6.07) is 6.61. The first-order chi connectivity index (χ1) is 9.90. The number of rotatable bonds is 5. The lowest BCUT2D eigenvalue weighted by Gasteiger charge is -2.07. The number of nitro groups is 1. The second-order valence-corrected chi connectivity index (χ2v) is 5.27. The molecule has 1 heterocycles. The van der Waals surface area contributed by atoms with Crippen molar-refractivity contribution >= 4 is 5.69 Å². The minimum atomic E-state index is -0.389. The van der Waals surface area contributed by atoms with E-state index in [1.807, 2.05) is 25.5 Å². The topological polar surface area (TPSA) is 87.0 Å². The molecule has 2 N–H and O–H groups in total. The molecule has 112 valence electrons. The van der Waals surface area contributed by atoms with E-state index in [2.05, 4.69) is 5.10 Å². The van der Waals surface area contributed by atoms with Crippen molar-refractivity contribution in [3.63, 3.8) is 0 Å². The highest BCUT2D eigenvalue weighted by atomic mass is 16.6. The van der Waals surface area contributed by atoms with Gasteiger partial charge in [-0.15, -0.1) is 0 Å². The van der Waals surface area contributed by atoms with Gasteiger partial charge in [0.15, 0.2) is 0 Å². The van der Waals surface area contributed by atoms with Crippen LogP contribution in [0.1, 0.15) is 35.5 Å². The van der Waals surface area contributed by atoms with E-state index in [1.165, 1.54) is 12.1 Å². The molecule has 0 saturated heterocycles. The van der Waals surface area contributed by atoms with Crippen LogP contribution in [0, 0.1) is 24.0 Å². The second kappa shape index (κ2) is 6.05. The fourth-order valence-corrected chi connectivity index (χ4v) is 2.61. The standard InChI is InChI=1S/C15H20N4O2/c1-10(16)15-11(2)17-18(12(15)3)9-8-13-4-6-14(7-5-13)19(20)21/h4-7,10H,8-9,16H2,1-3H3. The van der Waals surface area contributed by atoms with Gasteiger partial charge in [0.1, 0.15) is 0 Å². The third-order valence-corrected chi connectivity index (χ3v) is 3.65. The molecule has 1 aromatic carbocycles. The molecular weight excluding hydrogens is 268 g/mol. The summed E-state index contributed by atoms with van der Waals surface area (Å²) in [6.45, 7) is 6.68. The zero-order chi connectivity index (χ0) is 15.6. The number of nitrogens with zero attached hydrogens (tertiary/aromatic N) is 3. The van der Waals surface area contributed by atoms with Crippen LogP contribution in [0.4, 0.5) is 5.69 Å². The average molecular weight is 288 g/mol. The third-order valence-electron chi connectivity index (χ3n) is 3.65. The maximum absolute atomic E-state index is 10.6. The van der Waals surface area contributed by atoms with E-state index in [9.17, 15) is 10.1 Å². The van der Waals surface area contributed by atoms with Crippen LogP contribution in [0.3, 0.4) is 0 Å². The van der Waals surface area contributed by atoms with E-state index >= 15 is 0 Å². The van der Waals surface area contributed by atoms with Crippen molar-refractivity contribution in [3.05, 3.63) is 56.9 Å². The smallest absolute Gasteiger partial charge is 0.269 e. The van der Waals surface area contributed by atoms with Crippen molar-refractivity contribution in [1.82, 2.24) is 9.78 Å². The molecule has 1 aromatic heterocycles.